The minimum atomic E-state index is -4.03. The number of amides is 2. The summed E-state index contributed by atoms with van der Waals surface area (Å²) in [6, 6.07) is 15.9. The van der Waals surface area contributed by atoms with Gasteiger partial charge in [0.05, 0.1) is 5.69 Å². The first kappa shape index (κ1) is 31.9. The normalized spacial score (nSPS) is 19.2. The van der Waals surface area contributed by atoms with Crippen LogP contribution in [0.3, 0.4) is 0 Å². The van der Waals surface area contributed by atoms with Crippen LogP contribution in [0.25, 0.3) is 0 Å². The van der Waals surface area contributed by atoms with Crippen LogP contribution in [-0.4, -0.2) is 69.5 Å². The molecule has 0 saturated carbocycles. The van der Waals surface area contributed by atoms with Crippen LogP contribution in [-0.2, 0) is 32.8 Å². The molecule has 2 aliphatic rings. The molecule has 1 unspecified atom stereocenters. The van der Waals surface area contributed by atoms with Crippen LogP contribution in [0.2, 0.25) is 25.7 Å². The number of carbonyl (C=O) groups excluding carboxylic acids is 2. The summed E-state index contributed by atoms with van der Waals surface area (Å²) in [5.41, 5.74) is 1.74. The van der Waals surface area contributed by atoms with Crippen molar-refractivity contribution in [1.82, 2.24) is 9.21 Å². The van der Waals surface area contributed by atoms with Gasteiger partial charge in [-0.1, -0.05) is 56.0 Å². The maximum atomic E-state index is 13.6. The Morgan fingerprint density at radius 3 is 2.43 bits per heavy atom. The van der Waals surface area contributed by atoms with E-state index < -0.39 is 29.8 Å². The van der Waals surface area contributed by atoms with E-state index >= 15 is 0 Å². The molecule has 2 saturated heterocycles. The van der Waals surface area contributed by atoms with Crippen molar-refractivity contribution in [3.8, 4) is 5.75 Å². The van der Waals surface area contributed by atoms with Gasteiger partial charge in [0.2, 0.25) is 0 Å². The first-order chi connectivity index (χ1) is 19.6. The molecule has 9 nitrogen and oxygen atoms in total. The highest BCUT2D eigenvalue weighted by Gasteiger charge is 2.44. The summed E-state index contributed by atoms with van der Waals surface area (Å²) in [5.74, 6) is 0.226. The van der Waals surface area contributed by atoms with Crippen molar-refractivity contribution >= 4 is 36.0 Å². The second kappa shape index (κ2) is 12.7. The number of ether oxygens (including phenoxy) is 2. The van der Waals surface area contributed by atoms with Gasteiger partial charge < -0.3 is 14.4 Å². The molecule has 2 amide bonds. The number of anilines is 1. The fraction of sp³-hybridized carbons (Fsp3) is 0.548. The third-order valence-electron chi connectivity index (χ3n) is 7.40. The van der Waals surface area contributed by atoms with Crippen LogP contribution in [0.4, 0.5) is 10.5 Å². The highest BCUT2D eigenvalue weighted by Crippen LogP contribution is 2.37. The Bertz CT molecular complexity index is 1370. The minimum Gasteiger partial charge on any atom is -0.487 e. The van der Waals surface area contributed by atoms with Crippen LogP contribution in [0.5, 0.6) is 5.75 Å². The van der Waals surface area contributed by atoms with Gasteiger partial charge in [0, 0.05) is 27.7 Å². The van der Waals surface area contributed by atoms with E-state index in [1.807, 2.05) is 63.2 Å². The highest BCUT2D eigenvalue weighted by atomic mass is 32.2. The fourth-order valence-corrected chi connectivity index (χ4v) is 7.82. The zero-order chi connectivity index (χ0) is 30.7. The molecular formula is C31H45N3O6SSi. The van der Waals surface area contributed by atoms with Gasteiger partial charge in [-0.2, -0.15) is 8.42 Å². The van der Waals surface area contributed by atoms with Crippen LogP contribution in [0, 0.1) is 5.92 Å². The molecule has 42 heavy (non-hydrogen) atoms. The first-order valence-electron chi connectivity index (χ1n) is 14.7. The minimum absolute atomic E-state index is 0.196. The summed E-state index contributed by atoms with van der Waals surface area (Å²) >= 11 is 0. The molecule has 2 heterocycles. The molecule has 2 aliphatic heterocycles. The van der Waals surface area contributed by atoms with Gasteiger partial charge >= 0.3 is 16.3 Å². The predicted molar refractivity (Wildman–Crippen MR) is 168 cm³/mol. The van der Waals surface area contributed by atoms with Gasteiger partial charge in [-0.05, 0) is 75.3 Å². The number of nitrogens with zero attached hydrogens (tertiary/aromatic N) is 3. The van der Waals surface area contributed by atoms with E-state index in [1.54, 1.807) is 11.0 Å². The zero-order valence-corrected chi connectivity index (χ0v) is 27.6. The van der Waals surface area contributed by atoms with Gasteiger partial charge in [0.1, 0.15) is 24.5 Å². The molecule has 11 heteroatoms. The molecule has 4 rings (SSSR count). The van der Waals surface area contributed by atoms with E-state index in [4.69, 9.17) is 9.47 Å². The molecule has 2 aromatic carbocycles. The quantitative estimate of drug-likeness (QED) is 0.337. The molecule has 0 spiro atoms. The Labute approximate surface area is 252 Å². The summed E-state index contributed by atoms with van der Waals surface area (Å²) in [6.07, 6.45) is 2.27. The van der Waals surface area contributed by atoms with Crippen molar-refractivity contribution in [3.05, 3.63) is 59.7 Å². The second-order valence-corrected chi connectivity index (χ2v) is 20.9. The average Bonchev–Trinajstić information content (AvgIpc) is 3.13. The number of piperidine rings is 1. The number of hydrogen-bond donors (Lipinski definition) is 0. The summed E-state index contributed by atoms with van der Waals surface area (Å²) in [7, 11) is -5.59. The van der Waals surface area contributed by atoms with Gasteiger partial charge in [-0.15, -0.1) is 0 Å². The van der Waals surface area contributed by atoms with Crippen molar-refractivity contribution in [1.29, 1.82) is 0 Å². The van der Waals surface area contributed by atoms with Crippen molar-refractivity contribution in [2.75, 3.05) is 30.5 Å². The molecule has 0 N–H and O–H groups in total. The van der Waals surface area contributed by atoms with E-state index in [9.17, 15) is 18.0 Å². The van der Waals surface area contributed by atoms with E-state index in [0.717, 1.165) is 28.3 Å². The van der Waals surface area contributed by atoms with E-state index in [2.05, 4.69) is 19.6 Å². The maximum Gasteiger partial charge on any atom is 0.410 e. The van der Waals surface area contributed by atoms with Crippen LogP contribution < -0.4 is 9.04 Å². The smallest absolute Gasteiger partial charge is 0.410 e. The molecule has 2 aromatic rings. The topological polar surface area (TPSA) is 96.5 Å². The van der Waals surface area contributed by atoms with Gasteiger partial charge in [-0.3, -0.25) is 4.79 Å². The van der Waals surface area contributed by atoms with Crippen molar-refractivity contribution < 1.29 is 27.5 Å². The third kappa shape index (κ3) is 8.28. The highest BCUT2D eigenvalue weighted by molar-refractivity contribution is 7.91. The standard InChI is InChI=1S/C31H45N3O6SSi/c1-31(2,3)40-30(36)32-16-10-13-26(21-32)19-25-14-15-27(28(20-25)39-23-24-11-8-7-9-12-24)34-22-29(35)33(41(34,37)38)17-18-42(4,5)6/h7-9,11-12,14-15,20,26H,10,13,16-19,21-23H2,1-6H3. The molecular weight excluding hydrogens is 571 g/mol. The Morgan fingerprint density at radius 1 is 1.05 bits per heavy atom. The van der Waals surface area contributed by atoms with Crippen molar-refractivity contribution in [2.24, 2.45) is 5.92 Å². The lowest BCUT2D eigenvalue weighted by molar-refractivity contribution is -0.123. The predicted octanol–water partition coefficient (Wildman–Crippen LogP) is 5.69. The lowest BCUT2D eigenvalue weighted by atomic mass is 9.91. The third-order valence-corrected chi connectivity index (χ3v) is 11.0. The Kier molecular flexibility index (Phi) is 9.61. The van der Waals surface area contributed by atoms with E-state index in [-0.39, 0.29) is 31.7 Å². The van der Waals surface area contributed by atoms with Gasteiger partial charge in [0.25, 0.3) is 5.91 Å². The van der Waals surface area contributed by atoms with Crippen LogP contribution >= 0.6 is 0 Å². The number of hydrogen-bond acceptors (Lipinski definition) is 6. The summed E-state index contributed by atoms with van der Waals surface area (Å²) in [5, 5.41) is 0. The number of carbonyl (C=O) groups is 2. The Balaban J connectivity index is 1.57. The molecule has 0 bridgehead atoms. The average molecular weight is 616 g/mol. The molecule has 0 aliphatic carbocycles. The summed E-state index contributed by atoms with van der Waals surface area (Å²) in [6.45, 7) is 13.5. The largest absolute Gasteiger partial charge is 0.487 e. The molecule has 2 fully saturated rings. The lowest BCUT2D eigenvalue weighted by Gasteiger charge is -2.34. The number of benzene rings is 2. The molecule has 1 atom stereocenters. The van der Waals surface area contributed by atoms with E-state index in [0.29, 0.717) is 37.0 Å². The maximum absolute atomic E-state index is 13.6. The van der Waals surface area contributed by atoms with Crippen LogP contribution in [0.15, 0.2) is 48.5 Å². The number of likely N-dealkylation sites (tertiary alicyclic amines) is 1. The van der Waals surface area contributed by atoms with E-state index in [1.165, 1.54) is 4.31 Å². The molecule has 0 radical (unpaired) electrons. The Morgan fingerprint density at radius 2 is 1.76 bits per heavy atom. The van der Waals surface area contributed by atoms with Gasteiger partial charge in [0.15, 0.2) is 0 Å². The fourth-order valence-electron chi connectivity index (χ4n) is 5.22. The Hall–Kier alpha value is -3.05. The second-order valence-electron chi connectivity index (χ2n) is 13.5. The summed E-state index contributed by atoms with van der Waals surface area (Å²) < 4.78 is 41.2. The monoisotopic (exact) mass is 615 g/mol. The molecule has 230 valence electrons. The molecule has 0 aromatic heterocycles. The zero-order valence-electron chi connectivity index (χ0n) is 25.8. The van der Waals surface area contributed by atoms with Crippen molar-refractivity contribution in [2.45, 2.75) is 77.9 Å². The first-order valence-corrected chi connectivity index (χ1v) is 19.8. The lowest BCUT2D eigenvalue weighted by Crippen LogP contribution is -2.43. The van der Waals surface area contributed by atoms with Gasteiger partial charge in [-0.25, -0.2) is 13.4 Å². The van der Waals surface area contributed by atoms with Crippen LogP contribution in [0.1, 0.15) is 44.7 Å². The van der Waals surface area contributed by atoms with Crippen molar-refractivity contribution in [3.63, 3.8) is 0 Å². The SMILES string of the molecule is CC(C)(C)OC(=O)N1CCCC(Cc2ccc(N3CC(=O)N(CC[Si](C)(C)C)S3(=O)=O)c(OCc3ccccc3)c2)C1. The number of rotatable bonds is 9. The summed E-state index contributed by atoms with van der Waals surface area (Å²) in [4.78, 5) is 27.4.